The third kappa shape index (κ3) is 9.81. The van der Waals surface area contributed by atoms with Crippen LogP contribution < -0.4 is 10.5 Å². The molecule has 33 heavy (non-hydrogen) atoms. The minimum Gasteiger partial charge on any atom is -0.492 e. The van der Waals surface area contributed by atoms with Gasteiger partial charge in [-0.15, -0.1) is 0 Å². The number of hydrogen-bond donors (Lipinski definition) is 2. The molecular weight excluding hydrogens is 435 g/mol. The zero-order chi connectivity index (χ0) is 24.4. The van der Waals surface area contributed by atoms with E-state index in [1.54, 1.807) is 0 Å². The van der Waals surface area contributed by atoms with Crippen LogP contribution in [0.15, 0.2) is 48.5 Å². The topological polar surface area (TPSA) is 79.0 Å². The van der Waals surface area contributed by atoms with Crippen LogP contribution in [0.25, 0.3) is 11.1 Å². The number of carboxylic acids is 1. The summed E-state index contributed by atoms with van der Waals surface area (Å²) >= 11 is 0. The molecule has 3 N–H and O–H groups in total. The Morgan fingerprint density at radius 3 is 2.27 bits per heavy atom. The molecule has 0 bridgehead atoms. The minimum atomic E-state index is -5.08. The number of nitrogens with two attached hydrogens (primary N) is 1. The summed E-state index contributed by atoms with van der Waals surface area (Å²) in [5.74, 6) is -1.83. The number of nitrogens with zero attached hydrogens (tertiary/aromatic N) is 2. The van der Waals surface area contributed by atoms with Gasteiger partial charge in [-0.05, 0) is 68.8 Å². The van der Waals surface area contributed by atoms with E-state index in [0.29, 0.717) is 12.6 Å². The van der Waals surface area contributed by atoms with E-state index in [0.717, 1.165) is 44.8 Å². The van der Waals surface area contributed by atoms with Crippen molar-refractivity contribution in [2.45, 2.75) is 31.6 Å². The van der Waals surface area contributed by atoms with Crippen LogP contribution in [0.3, 0.4) is 0 Å². The second-order valence-electron chi connectivity index (χ2n) is 8.29. The largest absolute Gasteiger partial charge is 0.492 e. The molecule has 0 saturated carbocycles. The maximum atomic E-state index is 10.6. The van der Waals surface area contributed by atoms with E-state index >= 15 is 0 Å². The van der Waals surface area contributed by atoms with Crippen LogP contribution in [0.4, 0.5) is 13.2 Å². The van der Waals surface area contributed by atoms with Crippen molar-refractivity contribution in [3.05, 3.63) is 54.1 Å². The molecule has 0 spiro atoms. The van der Waals surface area contributed by atoms with Gasteiger partial charge in [-0.1, -0.05) is 36.4 Å². The van der Waals surface area contributed by atoms with Gasteiger partial charge in [0.25, 0.3) is 0 Å². The molecule has 1 saturated heterocycles. The van der Waals surface area contributed by atoms with E-state index in [2.05, 4.69) is 66.4 Å². The summed E-state index contributed by atoms with van der Waals surface area (Å²) in [6.45, 7) is 4.85. The van der Waals surface area contributed by atoms with Crippen LogP contribution in [0.1, 0.15) is 18.4 Å². The predicted octanol–water partition coefficient (Wildman–Crippen LogP) is 3.85. The van der Waals surface area contributed by atoms with Crippen LogP contribution >= 0.6 is 0 Å². The number of carbonyl (C=O) groups is 1. The fourth-order valence-corrected chi connectivity index (χ4v) is 3.28. The lowest BCUT2D eigenvalue weighted by molar-refractivity contribution is -0.192. The summed E-state index contributed by atoms with van der Waals surface area (Å²) in [4.78, 5) is 13.5. The molecular formula is C24H32F3N3O3. The molecule has 9 heteroatoms. The SMILES string of the molecule is CN(C)CCOc1cccc(-c2ccc(CN3CCC(N)CC3)cc2)c1.O=C(O)C(F)(F)F. The Morgan fingerprint density at radius 2 is 1.73 bits per heavy atom. The van der Waals surface area contributed by atoms with Crippen molar-refractivity contribution in [2.24, 2.45) is 5.73 Å². The Morgan fingerprint density at radius 1 is 1.12 bits per heavy atom. The van der Waals surface area contributed by atoms with E-state index in [9.17, 15) is 13.2 Å². The number of halogens is 3. The van der Waals surface area contributed by atoms with Crippen molar-refractivity contribution in [1.29, 1.82) is 0 Å². The first-order valence-electron chi connectivity index (χ1n) is 10.8. The molecule has 1 aliphatic rings. The normalized spacial score (nSPS) is 15.1. The van der Waals surface area contributed by atoms with E-state index in [-0.39, 0.29) is 0 Å². The molecule has 1 aliphatic heterocycles. The van der Waals surface area contributed by atoms with Crippen LogP contribution in [-0.2, 0) is 11.3 Å². The van der Waals surface area contributed by atoms with E-state index in [1.165, 1.54) is 16.7 Å². The zero-order valence-corrected chi connectivity index (χ0v) is 19.0. The van der Waals surface area contributed by atoms with E-state index in [4.69, 9.17) is 20.4 Å². The minimum absolute atomic E-state index is 0.390. The summed E-state index contributed by atoms with van der Waals surface area (Å²) in [7, 11) is 4.11. The lowest BCUT2D eigenvalue weighted by Gasteiger charge is -2.30. The molecule has 2 aromatic carbocycles. The third-order valence-electron chi connectivity index (χ3n) is 5.21. The maximum Gasteiger partial charge on any atom is 0.490 e. The molecule has 1 fully saturated rings. The molecule has 182 valence electrons. The van der Waals surface area contributed by atoms with Gasteiger partial charge in [0.15, 0.2) is 0 Å². The molecule has 0 atom stereocenters. The molecule has 0 unspecified atom stereocenters. The summed E-state index contributed by atoms with van der Waals surface area (Å²) in [5.41, 5.74) is 9.78. The smallest absolute Gasteiger partial charge is 0.490 e. The number of piperidine rings is 1. The van der Waals surface area contributed by atoms with Gasteiger partial charge < -0.3 is 20.5 Å². The average Bonchev–Trinajstić information content (AvgIpc) is 2.76. The van der Waals surface area contributed by atoms with Crippen molar-refractivity contribution < 1.29 is 27.8 Å². The number of hydrogen-bond acceptors (Lipinski definition) is 5. The number of carboxylic acid groups (broad SMARTS) is 1. The number of benzene rings is 2. The first kappa shape index (κ1) is 26.6. The van der Waals surface area contributed by atoms with Crippen LogP contribution in [0, 0.1) is 0 Å². The standard InChI is InChI=1S/C22H31N3O.C2HF3O2/c1-24(2)14-15-26-22-5-3-4-20(16-22)19-8-6-18(7-9-19)17-25-12-10-21(23)11-13-25;3-2(4,5)1(6)7/h3-9,16,21H,10-15,17,23H2,1-2H3;(H,6,7). The monoisotopic (exact) mass is 467 g/mol. The second kappa shape index (κ2) is 12.6. The highest BCUT2D eigenvalue weighted by Gasteiger charge is 2.38. The van der Waals surface area contributed by atoms with Gasteiger partial charge >= 0.3 is 12.1 Å². The average molecular weight is 468 g/mol. The van der Waals surface area contributed by atoms with Gasteiger partial charge in [-0.2, -0.15) is 13.2 Å². The molecule has 0 radical (unpaired) electrons. The second-order valence-corrected chi connectivity index (χ2v) is 8.29. The van der Waals surface area contributed by atoms with Gasteiger partial charge in [0.1, 0.15) is 12.4 Å². The number of likely N-dealkylation sites (tertiary alicyclic amines) is 1. The summed E-state index contributed by atoms with van der Waals surface area (Å²) in [6, 6.07) is 17.6. The fourth-order valence-electron chi connectivity index (χ4n) is 3.28. The number of aliphatic carboxylic acids is 1. The number of rotatable bonds is 7. The van der Waals surface area contributed by atoms with Crippen molar-refractivity contribution in [2.75, 3.05) is 40.3 Å². The molecule has 1 heterocycles. The van der Waals surface area contributed by atoms with Crippen LogP contribution in [0.5, 0.6) is 5.75 Å². The maximum absolute atomic E-state index is 10.6. The third-order valence-corrected chi connectivity index (χ3v) is 5.21. The Hall–Kier alpha value is -2.62. The summed E-state index contributed by atoms with van der Waals surface area (Å²) in [5, 5.41) is 7.12. The van der Waals surface area contributed by atoms with Gasteiger partial charge in [-0.3, -0.25) is 4.90 Å². The molecule has 0 aliphatic carbocycles. The highest BCUT2D eigenvalue weighted by atomic mass is 19.4. The fraction of sp³-hybridized carbons (Fsp3) is 0.458. The first-order valence-corrected chi connectivity index (χ1v) is 10.8. The van der Waals surface area contributed by atoms with Crippen LogP contribution in [0.2, 0.25) is 0 Å². The quantitative estimate of drug-likeness (QED) is 0.644. The van der Waals surface area contributed by atoms with Crippen molar-refractivity contribution in [1.82, 2.24) is 9.80 Å². The highest BCUT2D eigenvalue weighted by molar-refractivity contribution is 5.73. The van der Waals surface area contributed by atoms with E-state index in [1.807, 2.05) is 6.07 Å². The number of ether oxygens (including phenoxy) is 1. The Balaban J connectivity index is 0.000000479. The van der Waals surface area contributed by atoms with Gasteiger partial charge in [0.05, 0.1) is 0 Å². The van der Waals surface area contributed by atoms with Crippen molar-refractivity contribution in [3.8, 4) is 16.9 Å². The molecule has 0 aromatic heterocycles. The summed E-state index contributed by atoms with van der Waals surface area (Å²) in [6.07, 6.45) is -2.86. The molecule has 6 nitrogen and oxygen atoms in total. The lowest BCUT2D eigenvalue weighted by Crippen LogP contribution is -2.39. The Bertz CT molecular complexity index is 865. The zero-order valence-electron chi connectivity index (χ0n) is 19.0. The number of likely N-dealkylation sites (N-methyl/N-ethyl adjacent to an activating group) is 1. The lowest BCUT2D eigenvalue weighted by atomic mass is 10.0. The van der Waals surface area contributed by atoms with Crippen molar-refractivity contribution >= 4 is 5.97 Å². The van der Waals surface area contributed by atoms with Gasteiger partial charge in [0, 0.05) is 19.1 Å². The van der Waals surface area contributed by atoms with Gasteiger partial charge in [-0.25, -0.2) is 4.79 Å². The van der Waals surface area contributed by atoms with Crippen molar-refractivity contribution in [3.63, 3.8) is 0 Å². The number of alkyl halides is 3. The first-order chi connectivity index (χ1) is 15.5. The highest BCUT2D eigenvalue weighted by Crippen LogP contribution is 2.25. The molecule has 3 rings (SSSR count). The summed E-state index contributed by atoms with van der Waals surface area (Å²) < 4.78 is 37.6. The predicted molar refractivity (Wildman–Crippen MR) is 122 cm³/mol. The molecule has 2 aromatic rings. The Labute approximate surface area is 192 Å². The van der Waals surface area contributed by atoms with E-state index < -0.39 is 12.1 Å². The van der Waals surface area contributed by atoms with Gasteiger partial charge in [0.2, 0.25) is 0 Å². The Kier molecular flexibility index (Phi) is 10.1. The molecule has 0 amide bonds. The van der Waals surface area contributed by atoms with Crippen LogP contribution in [-0.4, -0.2) is 73.4 Å².